The van der Waals surface area contributed by atoms with E-state index < -0.39 is 12.1 Å². The maximum atomic E-state index is 13.2. The van der Waals surface area contributed by atoms with Crippen LogP contribution in [0.1, 0.15) is 42.9 Å². The van der Waals surface area contributed by atoms with Gasteiger partial charge >= 0.3 is 12.1 Å². The molecular weight excluding hydrogens is 360 g/mol. The number of hydrogen-bond acceptors (Lipinski definition) is 3. The monoisotopic (exact) mass is 383 g/mol. The van der Waals surface area contributed by atoms with Crippen molar-refractivity contribution in [3.8, 4) is 0 Å². The highest BCUT2D eigenvalue weighted by atomic mass is 19.1. The second-order valence-corrected chi connectivity index (χ2v) is 6.64. The molecule has 0 heterocycles. The highest BCUT2D eigenvalue weighted by Crippen LogP contribution is 2.27. The number of esters is 1. The zero-order valence-corrected chi connectivity index (χ0v) is 16.0. The van der Waals surface area contributed by atoms with E-state index in [1.165, 1.54) is 24.1 Å². The van der Waals surface area contributed by atoms with Crippen molar-refractivity contribution in [3.63, 3.8) is 0 Å². The molecule has 2 aromatic carbocycles. The van der Waals surface area contributed by atoms with E-state index in [0.717, 1.165) is 11.1 Å². The van der Waals surface area contributed by atoms with Gasteiger partial charge in [-0.2, -0.15) is 0 Å². The molecule has 1 amide bonds. The zero-order valence-electron chi connectivity index (χ0n) is 16.0. The molecule has 2 atom stereocenters. The van der Waals surface area contributed by atoms with E-state index in [1.54, 1.807) is 43.3 Å². The second-order valence-electron chi connectivity index (χ2n) is 6.64. The smallest absolute Gasteiger partial charge is 0.407 e. The van der Waals surface area contributed by atoms with E-state index in [2.05, 4.69) is 0 Å². The number of nitrogens with zero attached hydrogens (tertiary/aromatic N) is 1. The molecule has 0 aliphatic heterocycles. The van der Waals surface area contributed by atoms with Crippen molar-refractivity contribution < 1.29 is 23.8 Å². The van der Waals surface area contributed by atoms with Crippen molar-refractivity contribution in [1.29, 1.82) is 0 Å². The minimum Gasteiger partial charge on any atom is -0.469 e. The number of carbonyl (C=O) groups is 2. The van der Waals surface area contributed by atoms with Gasteiger partial charge in [0.25, 0.3) is 0 Å². The van der Waals surface area contributed by atoms with Crippen LogP contribution in [0.4, 0.5) is 9.18 Å². The molecule has 0 spiro atoms. The van der Waals surface area contributed by atoms with Crippen molar-refractivity contribution in [2.75, 3.05) is 13.7 Å². The van der Waals surface area contributed by atoms with Crippen LogP contribution < -0.4 is 5.46 Å². The molecule has 0 aromatic heterocycles. The third-order valence-electron chi connectivity index (χ3n) is 4.83. The quantitative estimate of drug-likeness (QED) is 0.561. The Morgan fingerprint density at radius 3 is 2.21 bits per heavy atom. The van der Waals surface area contributed by atoms with Crippen LogP contribution in [-0.2, 0) is 9.53 Å². The lowest BCUT2D eigenvalue weighted by atomic mass is 9.91. The predicted octanol–water partition coefficient (Wildman–Crippen LogP) is 3.40. The predicted molar refractivity (Wildman–Crippen MR) is 105 cm³/mol. The fraction of sp³-hybridized carbons (Fsp3) is 0.333. The molecule has 2 rings (SSSR count). The summed E-state index contributed by atoms with van der Waals surface area (Å²) >= 11 is 0. The van der Waals surface area contributed by atoms with Crippen LogP contribution in [-0.4, -0.2) is 43.6 Å². The summed E-state index contributed by atoms with van der Waals surface area (Å²) in [4.78, 5) is 24.9. The number of carboxylic acid groups (broad SMARTS) is 1. The number of methoxy groups -OCH3 is 1. The molecule has 0 saturated heterocycles. The highest BCUT2D eigenvalue weighted by Gasteiger charge is 2.24. The summed E-state index contributed by atoms with van der Waals surface area (Å²) in [7, 11) is 7.00. The number of carbonyl (C=O) groups excluding carboxylic acids is 1. The highest BCUT2D eigenvalue weighted by molar-refractivity contribution is 6.32. The Hall–Kier alpha value is -2.83. The van der Waals surface area contributed by atoms with Crippen molar-refractivity contribution in [1.82, 2.24) is 4.90 Å². The number of amides is 1. The van der Waals surface area contributed by atoms with Crippen molar-refractivity contribution >= 4 is 25.4 Å². The summed E-state index contributed by atoms with van der Waals surface area (Å²) in [6, 6.07) is 12.5. The maximum absolute atomic E-state index is 13.2. The Bertz CT molecular complexity index is 795. The number of hydrogen-bond donors (Lipinski definition) is 1. The molecule has 146 valence electrons. The van der Waals surface area contributed by atoms with Crippen LogP contribution in [0.3, 0.4) is 0 Å². The van der Waals surface area contributed by atoms with Crippen LogP contribution in [0.15, 0.2) is 48.5 Å². The fourth-order valence-electron chi connectivity index (χ4n) is 3.11. The molecule has 2 aromatic rings. The molecule has 28 heavy (non-hydrogen) atoms. The van der Waals surface area contributed by atoms with E-state index in [-0.39, 0.29) is 30.7 Å². The summed E-state index contributed by atoms with van der Waals surface area (Å²) in [5, 5.41) is 9.67. The van der Waals surface area contributed by atoms with Gasteiger partial charge in [-0.3, -0.25) is 4.79 Å². The van der Waals surface area contributed by atoms with Crippen molar-refractivity contribution in [3.05, 3.63) is 65.5 Å². The largest absolute Gasteiger partial charge is 0.469 e. The Morgan fingerprint density at radius 1 is 1.11 bits per heavy atom. The Labute approximate surface area is 165 Å². The zero-order chi connectivity index (χ0) is 20.7. The van der Waals surface area contributed by atoms with Gasteiger partial charge in [0.2, 0.25) is 0 Å². The first-order valence-electron chi connectivity index (χ1n) is 8.99. The average Bonchev–Trinajstić information content (AvgIpc) is 2.67. The Balaban J connectivity index is 2.16. The van der Waals surface area contributed by atoms with Crippen LogP contribution in [0.2, 0.25) is 0 Å². The normalized spacial score (nSPS) is 12.8. The summed E-state index contributed by atoms with van der Waals surface area (Å²) in [5.74, 6) is -1.05. The number of rotatable bonds is 8. The summed E-state index contributed by atoms with van der Waals surface area (Å²) < 4.78 is 18.0. The van der Waals surface area contributed by atoms with Crippen LogP contribution in [0.5, 0.6) is 0 Å². The molecule has 1 N–H and O–H groups in total. The molecule has 0 unspecified atom stereocenters. The van der Waals surface area contributed by atoms with Gasteiger partial charge in [0, 0.05) is 6.54 Å². The Kier molecular flexibility index (Phi) is 7.61. The molecule has 2 radical (unpaired) electrons. The van der Waals surface area contributed by atoms with Gasteiger partial charge < -0.3 is 14.7 Å². The first-order valence-corrected chi connectivity index (χ1v) is 8.99. The summed E-state index contributed by atoms with van der Waals surface area (Å²) in [6.07, 6.45) is -0.571. The van der Waals surface area contributed by atoms with E-state index >= 15 is 0 Å². The second kappa shape index (κ2) is 9.92. The molecule has 7 heteroatoms. The minimum absolute atomic E-state index is 0.0891. The van der Waals surface area contributed by atoms with E-state index in [1.807, 2.05) is 0 Å². The fourth-order valence-corrected chi connectivity index (χ4v) is 3.11. The van der Waals surface area contributed by atoms with Gasteiger partial charge in [-0.05, 0) is 42.5 Å². The molecule has 0 fully saturated rings. The SMILES string of the molecule is [B]c1ccc([C@H](C)N(CC[C@H](CC(=O)OC)c2ccc(F)cc2)C(=O)O)cc1. The standard InChI is InChI=1S/C21H23BFNO4/c1-14(15-3-7-18(22)8-4-15)24(21(26)27)12-11-17(13-20(25)28-2)16-5-9-19(23)10-6-16/h3-10,14,17H,11-13H2,1-2H3,(H,26,27)/t14-,17+/m0/s1. The number of halogens is 1. The number of ether oxygens (including phenoxy) is 1. The lowest BCUT2D eigenvalue weighted by Gasteiger charge is -2.28. The van der Waals surface area contributed by atoms with Crippen molar-refractivity contribution in [2.45, 2.75) is 31.7 Å². The van der Waals surface area contributed by atoms with Gasteiger partial charge in [-0.25, -0.2) is 9.18 Å². The molecule has 0 aliphatic rings. The third kappa shape index (κ3) is 5.84. The van der Waals surface area contributed by atoms with Crippen LogP contribution in [0, 0.1) is 5.82 Å². The summed E-state index contributed by atoms with van der Waals surface area (Å²) in [5.41, 5.74) is 2.19. The molecule has 0 saturated carbocycles. The van der Waals surface area contributed by atoms with Gasteiger partial charge in [0.15, 0.2) is 0 Å². The average molecular weight is 383 g/mol. The molecular formula is C21H23BFNO4. The topological polar surface area (TPSA) is 66.8 Å². The van der Waals surface area contributed by atoms with Gasteiger partial charge in [0.05, 0.1) is 19.6 Å². The summed E-state index contributed by atoms with van der Waals surface area (Å²) in [6.45, 7) is 2.01. The van der Waals surface area contributed by atoms with Gasteiger partial charge in [0.1, 0.15) is 13.7 Å². The van der Waals surface area contributed by atoms with E-state index in [9.17, 15) is 19.1 Å². The molecule has 0 bridgehead atoms. The first-order chi connectivity index (χ1) is 13.3. The van der Waals surface area contributed by atoms with E-state index in [0.29, 0.717) is 11.9 Å². The maximum Gasteiger partial charge on any atom is 0.407 e. The van der Waals surface area contributed by atoms with Crippen molar-refractivity contribution in [2.24, 2.45) is 0 Å². The Morgan fingerprint density at radius 2 is 1.68 bits per heavy atom. The minimum atomic E-state index is -1.06. The van der Waals surface area contributed by atoms with E-state index in [4.69, 9.17) is 12.6 Å². The lowest BCUT2D eigenvalue weighted by Crippen LogP contribution is -2.34. The molecule has 0 aliphatic carbocycles. The van der Waals surface area contributed by atoms with Gasteiger partial charge in [-0.1, -0.05) is 41.9 Å². The van der Waals surface area contributed by atoms with Crippen LogP contribution in [0.25, 0.3) is 0 Å². The number of benzene rings is 2. The molecule has 5 nitrogen and oxygen atoms in total. The van der Waals surface area contributed by atoms with Crippen LogP contribution >= 0.6 is 0 Å². The lowest BCUT2D eigenvalue weighted by molar-refractivity contribution is -0.141. The third-order valence-corrected chi connectivity index (χ3v) is 4.83. The van der Waals surface area contributed by atoms with Gasteiger partial charge in [-0.15, -0.1) is 0 Å². The first kappa shape index (κ1) is 21.5.